The lowest BCUT2D eigenvalue weighted by atomic mass is 9.97. The first-order valence-electron chi connectivity index (χ1n) is 9.06. The van der Waals surface area contributed by atoms with Crippen LogP contribution < -0.4 is 5.32 Å². The van der Waals surface area contributed by atoms with Crippen LogP contribution in [0.2, 0.25) is 10.0 Å². The van der Waals surface area contributed by atoms with Gasteiger partial charge in [-0.25, -0.2) is 16.8 Å². The van der Waals surface area contributed by atoms with Gasteiger partial charge in [-0.3, -0.25) is 4.79 Å². The maximum absolute atomic E-state index is 13.0. The van der Waals surface area contributed by atoms with E-state index in [0.717, 1.165) is 6.26 Å². The van der Waals surface area contributed by atoms with Gasteiger partial charge in [-0.05, 0) is 37.1 Å². The number of sulfone groups is 1. The molecule has 0 unspecified atom stereocenters. The van der Waals surface area contributed by atoms with Gasteiger partial charge >= 0.3 is 0 Å². The first kappa shape index (κ1) is 23.0. The molecule has 0 aliphatic carbocycles. The monoisotopic (exact) mass is 490 g/mol. The normalized spacial score (nSPS) is 16.4. The number of sulfonamides is 1. The molecule has 1 heterocycles. The molecule has 11 heteroatoms. The Hall–Kier alpha value is -1.65. The van der Waals surface area contributed by atoms with E-state index in [0.29, 0.717) is 23.6 Å². The molecule has 0 aromatic heterocycles. The highest BCUT2D eigenvalue weighted by molar-refractivity contribution is 7.93. The number of carbonyl (C=O) groups is 1. The topological polar surface area (TPSA) is 101 Å². The van der Waals surface area contributed by atoms with E-state index in [9.17, 15) is 21.6 Å². The minimum absolute atomic E-state index is 0.0990. The van der Waals surface area contributed by atoms with Crippen LogP contribution in [0.1, 0.15) is 12.8 Å². The van der Waals surface area contributed by atoms with Gasteiger partial charge in [0.1, 0.15) is 4.90 Å². The average Bonchev–Trinajstić information content (AvgIpc) is 2.71. The molecule has 0 spiro atoms. The highest BCUT2D eigenvalue weighted by atomic mass is 35.5. The van der Waals surface area contributed by atoms with Crippen LogP contribution in [-0.2, 0) is 24.7 Å². The van der Waals surface area contributed by atoms with E-state index in [1.165, 1.54) is 28.6 Å². The van der Waals surface area contributed by atoms with Crippen molar-refractivity contribution in [2.75, 3.05) is 24.7 Å². The fourth-order valence-electron chi connectivity index (χ4n) is 3.30. The van der Waals surface area contributed by atoms with Crippen molar-refractivity contribution in [3.8, 4) is 0 Å². The van der Waals surface area contributed by atoms with Gasteiger partial charge < -0.3 is 5.32 Å². The molecule has 0 radical (unpaired) electrons. The van der Waals surface area contributed by atoms with Crippen LogP contribution in [-0.4, -0.2) is 46.4 Å². The molecular formula is C19H20Cl2N2O5S2. The van der Waals surface area contributed by atoms with Gasteiger partial charge in [-0.2, -0.15) is 4.31 Å². The molecule has 1 saturated heterocycles. The molecule has 0 saturated carbocycles. The van der Waals surface area contributed by atoms with Crippen molar-refractivity contribution in [3.05, 3.63) is 52.5 Å². The fraction of sp³-hybridized carbons (Fsp3) is 0.316. The second-order valence-electron chi connectivity index (χ2n) is 6.99. The van der Waals surface area contributed by atoms with Crippen molar-refractivity contribution in [2.24, 2.45) is 5.92 Å². The average molecular weight is 491 g/mol. The van der Waals surface area contributed by atoms with Crippen molar-refractivity contribution in [3.63, 3.8) is 0 Å². The largest absolute Gasteiger partial charge is 0.324 e. The third-order valence-electron chi connectivity index (χ3n) is 4.90. The number of piperidine rings is 1. The lowest BCUT2D eigenvalue weighted by molar-refractivity contribution is -0.120. The Morgan fingerprint density at radius 3 is 2.17 bits per heavy atom. The van der Waals surface area contributed by atoms with E-state index in [1.54, 1.807) is 18.2 Å². The molecule has 0 atom stereocenters. The van der Waals surface area contributed by atoms with Crippen molar-refractivity contribution >= 4 is 54.7 Å². The van der Waals surface area contributed by atoms with Gasteiger partial charge in [0.25, 0.3) is 0 Å². The number of amides is 1. The van der Waals surface area contributed by atoms with E-state index in [-0.39, 0.29) is 33.8 Å². The van der Waals surface area contributed by atoms with E-state index < -0.39 is 25.8 Å². The first-order chi connectivity index (χ1) is 14.0. The number of benzene rings is 2. The van der Waals surface area contributed by atoms with Crippen LogP contribution in [0.5, 0.6) is 0 Å². The van der Waals surface area contributed by atoms with Gasteiger partial charge in [-0.1, -0.05) is 41.4 Å². The number of carbonyl (C=O) groups excluding carboxylic acids is 1. The molecule has 2 aromatic rings. The minimum Gasteiger partial charge on any atom is -0.324 e. The van der Waals surface area contributed by atoms with Crippen LogP contribution in [0.15, 0.2) is 52.3 Å². The third-order valence-corrected chi connectivity index (χ3v) is 8.96. The molecule has 30 heavy (non-hydrogen) atoms. The van der Waals surface area contributed by atoms with Crippen LogP contribution in [0, 0.1) is 5.92 Å². The van der Waals surface area contributed by atoms with Crippen LogP contribution in [0.4, 0.5) is 5.69 Å². The molecule has 3 rings (SSSR count). The Morgan fingerprint density at radius 2 is 1.57 bits per heavy atom. The first-order valence-corrected chi connectivity index (χ1v) is 13.1. The zero-order chi connectivity index (χ0) is 22.1. The quantitative estimate of drug-likeness (QED) is 0.691. The van der Waals surface area contributed by atoms with E-state index in [1.807, 2.05) is 0 Å². The summed E-state index contributed by atoms with van der Waals surface area (Å²) in [5.41, 5.74) is 0.395. The number of nitrogens with zero attached hydrogens (tertiary/aromatic N) is 1. The number of rotatable bonds is 5. The molecule has 2 aromatic carbocycles. The molecule has 1 aliphatic rings. The summed E-state index contributed by atoms with van der Waals surface area (Å²) in [4.78, 5) is 12.1. The second-order valence-corrected chi connectivity index (χ2v) is 11.7. The second kappa shape index (κ2) is 8.84. The Morgan fingerprint density at radius 1 is 0.967 bits per heavy atom. The zero-order valence-corrected chi connectivity index (χ0v) is 19.2. The Labute approximate surface area is 186 Å². The molecule has 162 valence electrons. The Kier molecular flexibility index (Phi) is 6.78. The molecule has 1 N–H and O–H groups in total. The molecular weight excluding hydrogens is 471 g/mol. The lowest BCUT2D eigenvalue weighted by Gasteiger charge is -2.31. The number of nitrogens with one attached hydrogen (secondary N) is 1. The molecule has 1 amide bonds. The van der Waals surface area contributed by atoms with Gasteiger partial charge in [-0.15, -0.1) is 0 Å². The third kappa shape index (κ3) is 4.81. The van der Waals surface area contributed by atoms with Crippen LogP contribution >= 0.6 is 23.2 Å². The summed E-state index contributed by atoms with van der Waals surface area (Å²) < 4.78 is 51.3. The minimum atomic E-state index is -4.01. The number of anilines is 1. The standard InChI is InChI=1S/C19H20Cl2N2O5S2/c1-29(25,26)16-7-2-3-8-17(16)30(27,28)23-11-9-13(10-12-23)19(24)22-15-6-4-5-14(20)18(15)21/h2-8,13H,9-12H2,1H3,(H,22,24). The maximum atomic E-state index is 13.0. The molecule has 1 fully saturated rings. The van der Waals surface area contributed by atoms with Crippen molar-refractivity contribution < 1.29 is 21.6 Å². The fourth-order valence-corrected chi connectivity index (χ4v) is 6.72. The zero-order valence-electron chi connectivity index (χ0n) is 16.0. The predicted octanol–water partition coefficient (Wildman–Crippen LogP) is 3.44. The van der Waals surface area contributed by atoms with Crippen molar-refractivity contribution in [1.29, 1.82) is 0 Å². The van der Waals surface area contributed by atoms with E-state index in [2.05, 4.69) is 5.32 Å². The molecule has 1 aliphatic heterocycles. The lowest BCUT2D eigenvalue weighted by Crippen LogP contribution is -2.41. The highest BCUT2D eigenvalue weighted by Crippen LogP contribution is 2.32. The van der Waals surface area contributed by atoms with Gasteiger partial charge in [0.2, 0.25) is 15.9 Å². The number of halogens is 2. The summed E-state index contributed by atoms with van der Waals surface area (Å²) in [5.74, 6) is -0.676. The summed E-state index contributed by atoms with van der Waals surface area (Å²) in [7, 11) is -7.73. The number of hydrogen-bond donors (Lipinski definition) is 1. The Bertz CT molecular complexity index is 1180. The SMILES string of the molecule is CS(=O)(=O)c1ccccc1S(=O)(=O)N1CCC(C(=O)Nc2cccc(Cl)c2Cl)CC1. The van der Waals surface area contributed by atoms with Crippen molar-refractivity contribution in [1.82, 2.24) is 4.31 Å². The smallest absolute Gasteiger partial charge is 0.244 e. The Balaban J connectivity index is 1.73. The molecule has 0 bridgehead atoms. The van der Waals surface area contributed by atoms with Gasteiger partial charge in [0.05, 0.1) is 20.6 Å². The summed E-state index contributed by atoms with van der Waals surface area (Å²) in [6, 6.07) is 10.4. The van der Waals surface area contributed by atoms with Crippen LogP contribution in [0.3, 0.4) is 0 Å². The molecule has 7 nitrogen and oxygen atoms in total. The van der Waals surface area contributed by atoms with Crippen molar-refractivity contribution in [2.45, 2.75) is 22.6 Å². The predicted molar refractivity (Wildman–Crippen MR) is 116 cm³/mol. The van der Waals surface area contributed by atoms with E-state index in [4.69, 9.17) is 23.2 Å². The van der Waals surface area contributed by atoms with E-state index >= 15 is 0 Å². The summed E-state index contributed by atoms with van der Waals surface area (Å²) in [5, 5.41) is 3.29. The highest BCUT2D eigenvalue weighted by Gasteiger charge is 2.34. The maximum Gasteiger partial charge on any atom is 0.244 e. The summed E-state index contributed by atoms with van der Waals surface area (Å²) >= 11 is 12.1. The van der Waals surface area contributed by atoms with Gasteiger partial charge in [0, 0.05) is 25.3 Å². The number of hydrogen-bond acceptors (Lipinski definition) is 5. The van der Waals surface area contributed by atoms with Crippen LogP contribution in [0.25, 0.3) is 0 Å². The van der Waals surface area contributed by atoms with Gasteiger partial charge in [0.15, 0.2) is 9.84 Å². The summed E-state index contributed by atoms with van der Waals surface area (Å²) in [6.45, 7) is 0.198. The summed E-state index contributed by atoms with van der Waals surface area (Å²) in [6.07, 6.45) is 1.56.